The average Bonchev–Trinajstić information content (AvgIpc) is 4.15. The monoisotopic (exact) mass is 1050 g/mol. The number of aromatic amines is 2. The number of hydrogen-bond acceptors (Lipinski definition) is 12. The highest BCUT2D eigenvalue weighted by Crippen LogP contribution is 2.54. The molecular weight excluding hydrogens is 985 g/mol. The molecule has 0 spiro atoms. The van der Waals surface area contributed by atoms with Gasteiger partial charge in [-0.1, -0.05) is 26.3 Å². The topological polar surface area (TPSA) is 211 Å². The predicted molar refractivity (Wildman–Crippen MR) is 285 cm³/mol. The molecule has 4 aromatic heterocycles. The number of methoxy groups -OCH3 is 2. The Hall–Kier alpha value is -6.73. The van der Waals surface area contributed by atoms with Crippen molar-refractivity contribution in [2.24, 2.45) is 17.8 Å². The number of fused-ring (bicyclic) bond motifs is 6. The zero-order chi connectivity index (χ0) is 52.9. The molecule has 12 rings (SSSR count). The van der Waals surface area contributed by atoms with E-state index in [1.807, 2.05) is 56.1 Å². The largest absolute Gasteiger partial charge is 0.464 e. The Kier molecular flexibility index (Phi) is 12.6. The van der Waals surface area contributed by atoms with Crippen LogP contribution < -0.4 is 15.4 Å². The van der Waals surface area contributed by atoms with Gasteiger partial charge in [0.1, 0.15) is 29.0 Å². The lowest BCUT2D eigenvalue weighted by Crippen LogP contribution is -2.60. The van der Waals surface area contributed by atoms with Gasteiger partial charge >= 0.3 is 12.2 Å². The van der Waals surface area contributed by atoms with Crippen LogP contribution in [0.4, 0.5) is 9.59 Å². The van der Waals surface area contributed by atoms with Crippen molar-refractivity contribution in [3.05, 3.63) is 82.1 Å². The summed E-state index contributed by atoms with van der Waals surface area (Å²) in [6, 6.07) is 11.8. The van der Waals surface area contributed by atoms with E-state index in [4.69, 9.17) is 33.9 Å². The minimum Gasteiger partial charge on any atom is -0.464 e. The number of imidazole rings is 2. The summed E-state index contributed by atoms with van der Waals surface area (Å²) in [4.78, 5) is 80.9. The van der Waals surface area contributed by atoms with E-state index in [1.165, 1.54) is 20.6 Å². The van der Waals surface area contributed by atoms with Crippen LogP contribution in [0.1, 0.15) is 144 Å². The lowest BCUT2D eigenvalue weighted by atomic mass is 9.82. The molecule has 0 bridgehead atoms. The lowest BCUT2D eigenvalue weighted by molar-refractivity contribution is -0.141. The molecule has 2 aromatic carbocycles. The Bertz CT molecular complexity index is 3260. The highest BCUT2D eigenvalue weighted by molar-refractivity contribution is 7.11. The van der Waals surface area contributed by atoms with Crippen LogP contribution in [-0.4, -0.2) is 114 Å². The molecule has 19 heteroatoms. The molecule has 4 N–H and O–H groups in total. The standard InChI is InChI=1S/C57H68N10O8S/c1-29(2)57(6,64-55(71)73-8)53(69)65-17-10-13-40(65)48-58-27-38(62-48)34-19-30(3)46-42-22-35-20-32(14-15-39(35)67(42)52(75-44(46)24-34)45-28-60-50(76-45)31-11-9-12-31)37-26-59-49(61-37)43-23-36-21-41(36)66(43)51(68)47(63-54(70)72-7)33-16-18-74-56(4,5)25-33/h14-15,19-20,22,24,26-29,31,33,36,40-41,43,47,52H,9-13,16-18,21,23,25H2,1-8H3,(H,58,62)(H,59,61)(H,63,70)(H,64,71)/t33?,36-,40+,41-,43+,47?,52?,57-/m1/s1. The third kappa shape index (κ3) is 8.70. The third-order valence-corrected chi connectivity index (χ3v) is 18.7. The molecule has 4 amide bonds. The molecular formula is C57H68N10O8S. The fourth-order valence-electron chi connectivity index (χ4n) is 12.7. The number of benzene rings is 2. The van der Waals surface area contributed by atoms with Crippen LogP contribution in [0.15, 0.2) is 55.0 Å². The minimum absolute atomic E-state index is 0.0951. The van der Waals surface area contributed by atoms with Crippen molar-refractivity contribution in [2.75, 3.05) is 27.4 Å². The van der Waals surface area contributed by atoms with Gasteiger partial charge in [-0.25, -0.2) is 24.5 Å². The smallest absolute Gasteiger partial charge is 0.407 e. The van der Waals surface area contributed by atoms with Gasteiger partial charge in [-0.15, -0.1) is 11.3 Å². The summed E-state index contributed by atoms with van der Waals surface area (Å²) in [5, 5.41) is 7.93. The van der Waals surface area contributed by atoms with Crippen LogP contribution in [0.3, 0.4) is 0 Å². The molecule has 6 aliphatic rings. The average molecular weight is 1050 g/mol. The number of amides is 4. The Balaban J connectivity index is 0.854. The molecule has 3 saturated heterocycles. The quantitative estimate of drug-likeness (QED) is 0.0906. The first kappa shape index (κ1) is 50.1. The van der Waals surface area contributed by atoms with E-state index in [0.717, 1.165) is 110 Å². The number of H-pyrrole nitrogens is 2. The highest BCUT2D eigenvalue weighted by atomic mass is 32.1. The second kappa shape index (κ2) is 19.1. The predicted octanol–water partition coefficient (Wildman–Crippen LogP) is 10.1. The summed E-state index contributed by atoms with van der Waals surface area (Å²) < 4.78 is 25.4. The number of carbonyl (C=O) groups is 4. The summed E-state index contributed by atoms with van der Waals surface area (Å²) in [5.41, 5.74) is 6.03. The maximum absolute atomic E-state index is 14.7. The molecule has 5 fully saturated rings. The third-order valence-electron chi connectivity index (χ3n) is 17.5. The second-order valence-electron chi connectivity index (χ2n) is 23.1. The normalized spacial score (nSPS) is 24.7. The lowest BCUT2D eigenvalue weighted by Gasteiger charge is -2.40. The van der Waals surface area contributed by atoms with Crippen LogP contribution in [0.2, 0.25) is 0 Å². The van der Waals surface area contributed by atoms with E-state index in [9.17, 15) is 19.2 Å². The Morgan fingerprint density at radius 2 is 1.63 bits per heavy atom. The highest BCUT2D eigenvalue weighted by Gasteiger charge is 2.57. The van der Waals surface area contributed by atoms with Crippen molar-refractivity contribution in [3.63, 3.8) is 0 Å². The van der Waals surface area contributed by atoms with Crippen molar-refractivity contribution >= 4 is 46.2 Å². The van der Waals surface area contributed by atoms with Gasteiger partial charge in [0, 0.05) is 53.4 Å². The number of piperidine rings is 1. The number of nitrogens with zero attached hydrogens (tertiary/aromatic N) is 6. The fourth-order valence-corrected chi connectivity index (χ4v) is 13.8. The summed E-state index contributed by atoms with van der Waals surface area (Å²) in [7, 11) is 2.63. The van der Waals surface area contributed by atoms with E-state index < -0.39 is 35.6 Å². The Morgan fingerprint density at radius 3 is 2.34 bits per heavy atom. The van der Waals surface area contributed by atoms with Gasteiger partial charge in [-0.05, 0) is 133 Å². The second-order valence-corrected chi connectivity index (χ2v) is 24.2. The van der Waals surface area contributed by atoms with E-state index >= 15 is 0 Å². The molecule has 8 atom stereocenters. The number of ether oxygens (including phenoxy) is 4. The number of thiazole rings is 1. The van der Waals surface area contributed by atoms with Gasteiger partial charge in [0.25, 0.3) is 0 Å². The number of nitrogens with one attached hydrogen (secondary N) is 4. The molecule has 4 aliphatic heterocycles. The Morgan fingerprint density at radius 1 is 0.882 bits per heavy atom. The molecule has 2 saturated carbocycles. The molecule has 2 aliphatic carbocycles. The van der Waals surface area contributed by atoms with Gasteiger partial charge in [-0.3, -0.25) is 14.2 Å². The molecule has 0 radical (unpaired) electrons. The van der Waals surface area contributed by atoms with Gasteiger partial charge < -0.3 is 49.3 Å². The first-order chi connectivity index (χ1) is 36.5. The SMILES string of the molecule is COC(=O)NC(C(=O)N1[C@@H]2C[C@@H]2C[C@H]1c1ncc(-c2ccc3c(c2)cc2n3C(c3cnc(C4CCC4)s3)Oc3cc(-c4cnc([C@@H]5CCCN5C(=O)[C@](C)(NC(=O)OC)C(C)C)[nH]4)cc(C)c3-2)[nH]1)C1CCOC(C)(C)C1. The molecule has 18 nitrogen and oxygen atoms in total. The maximum atomic E-state index is 14.7. The van der Waals surface area contributed by atoms with Crippen molar-refractivity contribution in [1.29, 1.82) is 0 Å². The molecule has 3 unspecified atom stereocenters. The number of likely N-dealkylation sites (tertiary alicyclic amines) is 2. The number of aromatic nitrogens is 6. The summed E-state index contributed by atoms with van der Waals surface area (Å²) in [6.07, 6.45) is 12.1. The van der Waals surface area contributed by atoms with Crippen LogP contribution in [0, 0.1) is 24.7 Å². The van der Waals surface area contributed by atoms with Gasteiger partial charge in [0.15, 0.2) is 0 Å². The molecule has 6 aromatic rings. The van der Waals surface area contributed by atoms with E-state index in [2.05, 4.69) is 68.5 Å². The van der Waals surface area contributed by atoms with Crippen LogP contribution in [-0.2, 0) is 23.8 Å². The van der Waals surface area contributed by atoms with Crippen molar-refractivity contribution in [1.82, 2.24) is 49.9 Å². The van der Waals surface area contributed by atoms with E-state index in [1.54, 1.807) is 18.3 Å². The zero-order valence-electron chi connectivity index (χ0n) is 44.5. The van der Waals surface area contributed by atoms with Crippen molar-refractivity contribution in [3.8, 4) is 39.5 Å². The summed E-state index contributed by atoms with van der Waals surface area (Å²) in [5.74, 6) is 2.48. The number of carbonyl (C=O) groups excluding carboxylic acids is 4. The fraction of sp³-hybridized carbons (Fsp3) is 0.526. The number of alkyl carbamates (subject to hydrolysis) is 2. The van der Waals surface area contributed by atoms with Gasteiger partial charge in [-0.2, -0.15) is 0 Å². The van der Waals surface area contributed by atoms with Crippen LogP contribution in [0.5, 0.6) is 5.75 Å². The minimum atomic E-state index is -1.17. The van der Waals surface area contributed by atoms with Crippen LogP contribution in [0.25, 0.3) is 44.7 Å². The van der Waals surface area contributed by atoms with Crippen molar-refractivity contribution in [2.45, 2.75) is 147 Å². The van der Waals surface area contributed by atoms with E-state index in [-0.39, 0.29) is 41.8 Å². The number of hydrogen-bond donors (Lipinski definition) is 4. The van der Waals surface area contributed by atoms with E-state index in [0.29, 0.717) is 43.7 Å². The van der Waals surface area contributed by atoms with Crippen LogP contribution >= 0.6 is 11.3 Å². The number of aryl methyl sites for hydroxylation is 1. The summed E-state index contributed by atoms with van der Waals surface area (Å²) >= 11 is 1.73. The zero-order valence-corrected chi connectivity index (χ0v) is 45.3. The first-order valence-corrected chi connectivity index (χ1v) is 27.8. The first-order valence-electron chi connectivity index (χ1n) is 27.0. The summed E-state index contributed by atoms with van der Waals surface area (Å²) in [6.45, 7) is 12.8. The number of rotatable bonds is 12. The van der Waals surface area contributed by atoms with Gasteiger partial charge in [0.05, 0.1) is 76.8 Å². The Labute approximate surface area is 446 Å². The molecule has 400 valence electrons. The van der Waals surface area contributed by atoms with Gasteiger partial charge in [0.2, 0.25) is 18.0 Å². The molecule has 8 heterocycles. The maximum Gasteiger partial charge on any atom is 0.407 e. The van der Waals surface area contributed by atoms with Crippen molar-refractivity contribution < 1.29 is 38.1 Å². The molecule has 76 heavy (non-hydrogen) atoms.